The summed E-state index contributed by atoms with van der Waals surface area (Å²) in [6.07, 6.45) is 16.2. The topological polar surface area (TPSA) is 0 Å². The Balaban J connectivity index is 2.19. The number of unbranched alkanes of at least 4 members (excludes halogenated alkanes) is 1. The van der Waals surface area contributed by atoms with Crippen molar-refractivity contribution in [3.63, 3.8) is 0 Å². The van der Waals surface area contributed by atoms with Crippen molar-refractivity contribution in [1.82, 2.24) is 0 Å². The summed E-state index contributed by atoms with van der Waals surface area (Å²) < 4.78 is 0. The molecule has 12 heavy (non-hydrogen) atoms. The van der Waals surface area contributed by atoms with Crippen LogP contribution in [0.3, 0.4) is 0 Å². The van der Waals surface area contributed by atoms with Gasteiger partial charge in [0, 0.05) is 0 Å². The van der Waals surface area contributed by atoms with Crippen molar-refractivity contribution in [1.29, 1.82) is 0 Å². The molecule has 0 aliphatic heterocycles. The molecule has 0 saturated heterocycles. The molecule has 0 radical (unpaired) electrons. The first kappa shape index (κ1) is 9.83. The minimum absolute atomic E-state index is 0.916. The Bertz CT molecular complexity index is 116. The Morgan fingerprint density at radius 2 is 1.75 bits per heavy atom. The Hall–Kier alpha value is -0.260. The van der Waals surface area contributed by atoms with Gasteiger partial charge in [0.05, 0.1) is 0 Å². The summed E-state index contributed by atoms with van der Waals surface area (Å²) in [5.41, 5.74) is 0. The number of hydrogen-bond donors (Lipinski definition) is 0. The van der Waals surface area contributed by atoms with E-state index >= 15 is 0 Å². The van der Waals surface area contributed by atoms with Crippen LogP contribution in [0, 0.1) is 5.92 Å². The number of allylic oxidation sites excluding steroid dienone is 2. The summed E-state index contributed by atoms with van der Waals surface area (Å²) >= 11 is 0. The molecule has 0 nitrogen and oxygen atoms in total. The maximum absolute atomic E-state index is 2.47. The van der Waals surface area contributed by atoms with E-state index in [0.29, 0.717) is 0 Å². The van der Waals surface area contributed by atoms with E-state index in [2.05, 4.69) is 19.1 Å². The molecule has 0 aromatic heterocycles. The first-order valence-corrected chi connectivity index (χ1v) is 5.60. The van der Waals surface area contributed by atoms with E-state index in [1.54, 1.807) is 0 Å². The third kappa shape index (κ3) is 3.94. The first-order valence-electron chi connectivity index (χ1n) is 5.60. The molecule has 0 heteroatoms. The molecule has 70 valence electrons. The van der Waals surface area contributed by atoms with Gasteiger partial charge in [-0.05, 0) is 25.2 Å². The maximum Gasteiger partial charge on any atom is -0.0234 e. The Morgan fingerprint density at radius 1 is 1.08 bits per heavy atom. The van der Waals surface area contributed by atoms with E-state index in [0.717, 1.165) is 5.92 Å². The molecule has 0 spiro atoms. The first-order chi connectivity index (χ1) is 5.93. The Morgan fingerprint density at radius 3 is 2.33 bits per heavy atom. The molecule has 0 unspecified atom stereocenters. The normalized spacial score (nSPS) is 21.4. The van der Waals surface area contributed by atoms with Crippen LogP contribution >= 0.6 is 0 Å². The molecule has 1 aliphatic rings. The molecule has 0 heterocycles. The van der Waals surface area contributed by atoms with Crippen molar-refractivity contribution < 1.29 is 0 Å². The van der Waals surface area contributed by atoms with Gasteiger partial charge in [-0.3, -0.25) is 0 Å². The predicted octanol–water partition coefficient (Wildman–Crippen LogP) is 4.31. The molecule has 0 N–H and O–H groups in total. The highest BCUT2D eigenvalue weighted by Gasteiger charge is 2.07. The summed E-state index contributed by atoms with van der Waals surface area (Å²) in [4.78, 5) is 0. The summed E-state index contributed by atoms with van der Waals surface area (Å²) in [7, 11) is 0. The van der Waals surface area contributed by atoms with E-state index in [4.69, 9.17) is 0 Å². The minimum atomic E-state index is 0.916. The fraction of sp³-hybridized carbons (Fsp3) is 0.833. The zero-order valence-electron chi connectivity index (χ0n) is 8.39. The Labute approximate surface area is 77.1 Å². The molecule has 1 rings (SSSR count). The van der Waals surface area contributed by atoms with Gasteiger partial charge in [-0.2, -0.15) is 0 Å². The molecular formula is C12H22. The third-order valence-corrected chi connectivity index (χ3v) is 2.76. The Kier molecular flexibility index (Phi) is 5.14. The van der Waals surface area contributed by atoms with Crippen LogP contribution in [0.1, 0.15) is 58.3 Å². The molecule has 0 amide bonds. The summed E-state index contributed by atoms with van der Waals surface area (Å²) in [6, 6.07) is 0. The molecule has 1 aliphatic carbocycles. The van der Waals surface area contributed by atoms with Gasteiger partial charge in [-0.1, -0.05) is 51.2 Å². The second-order valence-electron chi connectivity index (χ2n) is 3.97. The monoisotopic (exact) mass is 166 g/mol. The molecule has 1 fully saturated rings. The quantitative estimate of drug-likeness (QED) is 0.433. The lowest BCUT2D eigenvalue weighted by atomic mass is 9.99. The van der Waals surface area contributed by atoms with Crippen LogP contribution in [-0.4, -0.2) is 0 Å². The van der Waals surface area contributed by atoms with Crippen molar-refractivity contribution >= 4 is 0 Å². The molecule has 0 aromatic rings. The van der Waals surface area contributed by atoms with Crippen molar-refractivity contribution in [2.45, 2.75) is 58.3 Å². The highest BCUT2D eigenvalue weighted by atomic mass is 14.1. The van der Waals surface area contributed by atoms with Crippen molar-refractivity contribution in [2.75, 3.05) is 0 Å². The van der Waals surface area contributed by atoms with Gasteiger partial charge in [0.2, 0.25) is 0 Å². The predicted molar refractivity (Wildman–Crippen MR) is 55.2 cm³/mol. The molecular weight excluding hydrogens is 144 g/mol. The van der Waals surface area contributed by atoms with Gasteiger partial charge in [-0.15, -0.1) is 0 Å². The largest absolute Gasteiger partial charge is 0.0883 e. The lowest BCUT2D eigenvalue weighted by Crippen LogP contribution is -1.92. The lowest BCUT2D eigenvalue weighted by Gasteiger charge is -2.06. The van der Waals surface area contributed by atoms with Gasteiger partial charge in [0.25, 0.3) is 0 Å². The molecule has 0 atom stereocenters. The summed E-state index contributed by atoms with van der Waals surface area (Å²) in [6.45, 7) is 2.25. The summed E-state index contributed by atoms with van der Waals surface area (Å²) in [5, 5.41) is 0. The van der Waals surface area contributed by atoms with Gasteiger partial charge in [0.15, 0.2) is 0 Å². The van der Waals surface area contributed by atoms with E-state index < -0.39 is 0 Å². The fourth-order valence-electron chi connectivity index (χ4n) is 1.96. The third-order valence-electron chi connectivity index (χ3n) is 2.76. The average molecular weight is 166 g/mol. The highest BCUT2D eigenvalue weighted by Crippen LogP contribution is 2.23. The second-order valence-corrected chi connectivity index (χ2v) is 3.97. The van der Waals surface area contributed by atoms with Crippen LogP contribution in [0.15, 0.2) is 12.2 Å². The van der Waals surface area contributed by atoms with Crippen LogP contribution in [0.5, 0.6) is 0 Å². The smallest absolute Gasteiger partial charge is 0.0234 e. The SMILES string of the molecule is CCCC=CC1CCCCCC1. The van der Waals surface area contributed by atoms with Gasteiger partial charge in [0.1, 0.15) is 0 Å². The molecule has 1 saturated carbocycles. The zero-order valence-corrected chi connectivity index (χ0v) is 8.39. The zero-order chi connectivity index (χ0) is 8.65. The minimum Gasteiger partial charge on any atom is -0.0883 e. The van der Waals surface area contributed by atoms with Crippen LogP contribution in [0.2, 0.25) is 0 Å². The van der Waals surface area contributed by atoms with E-state index in [9.17, 15) is 0 Å². The van der Waals surface area contributed by atoms with Crippen molar-refractivity contribution in [3.8, 4) is 0 Å². The van der Waals surface area contributed by atoms with Gasteiger partial charge < -0.3 is 0 Å². The average Bonchev–Trinajstić information content (AvgIpc) is 2.33. The highest BCUT2D eigenvalue weighted by molar-refractivity contribution is 4.88. The van der Waals surface area contributed by atoms with E-state index in [1.165, 1.54) is 51.4 Å². The van der Waals surface area contributed by atoms with E-state index in [1.807, 2.05) is 0 Å². The fourth-order valence-corrected chi connectivity index (χ4v) is 1.96. The van der Waals surface area contributed by atoms with Gasteiger partial charge >= 0.3 is 0 Å². The maximum atomic E-state index is 2.47. The molecule has 0 aromatic carbocycles. The standard InChI is InChI=1S/C12H22/c1-2-3-6-9-12-10-7-4-5-8-11-12/h6,9,12H,2-5,7-8,10-11H2,1H3. The van der Waals surface area contributed by atoms with Crippen LogP contribution < -0.4 is 0 Å². The lowest BCUT2D eigenvalue weighted by molar-refractivity contribution is 0.557. The van der Waals surface area contributed by atoms with Gasteiger partial charge in [-0.25, -0.2) is 0 Å². The second kappa shape index (κ2) is 6.28. The van der Waals surface area contributed by atoms with Crippen LogP contribution in [0.25, 0.3) is 0 Å². The van der Waals surface area contributed by atoms with Crippen LogP contribution in [0.4, 0.5) is 0 Å². The number of hydrogen-bond acceptors (Lipinski definition) is 0. The van der Waals surface area contributed by atoms with E-state index in [-0.39, 0.29) is 0 Å². The molecule has 0 bridgehead atoms. The number of rotatable bonds is 3. The summed E-state index contributed by atoms with van der Waals surface area (Å²) in [5.74, 6) is 0.916. The van der Waals surface area contributed by atoms with Crippen molar-refractivity contribution in [2.24, 2.45) is 5.92 Å². The van der Waals surface area contributed by atoms with Crippen molar-refractivity contribution in [3.05, 3.63) is 12.2 Å². The van der Waals surface area contributed by atoms with Crippen LogP contribution in [-0.2, 0) is 0 Å².